The molecule has 24 unspecified atom stereocenters. The van der Waals surface area contributed by atoms with Gasteiger partial charge in [-0.15, -0.1) is 0 Å². The maximum absolute atomic E-state index is 14.0. The van der Waals surface area contributed by atoms with Crippen molar-refractivity contribution in [3.8, 4) is 0 Å². The zero-order chi connectivity index (χ0) is 53.0. The Morgan fingerprint density at radius 1 is 0.611 bits per heavy atom. The second kappa shape index (κ2) is 28.8. The van der Waals surface area contributed by atoms with Crippen molar-refractivity contribution in [3.63, 3.8) is 0 Å². The van der Waals surface area contributed by atoms with Crippen molar-refractivity contribution in [2.45, 2.75) is 280 Å². The van der Waals surface area contributed by atoms with Gasteiger partial charge in [-0.25, -0.2) is 0 Å². The van der Waals surface area contributed by atoms with E-state index in [0.717, 1.165) is 51.4 Å². The lowest BCUT2D eigenvalue weighted by Gasteiger charge is -2.50. The van der Waals surface area contributed by atoms with Crippen molar-refractivity contribution in [2.24, 2.45) is 11.8 Å². The van der Waals surface area contributed by atoms with Crippen molar-refractivity contribution < 1.29 is 107 Å². The Morgan fingerprint density at radius 3 is 1.88 bits per heavy atom. The van der Waals surface area contributed by atoms with Crippen LogP contribution < -0.4 is 0 Å². The van der Waals surface area contributed by atoms with Gasteiger partial charge >= 0.3 is 17.9 Å². The minimum absolute atomic E-state index is 0.0661. The van der Waals surface area contributed by atoms with Crippen LogP contribution in [0.3, 0.4) is 0 Å². The number of fused-ring (bicyclic) bond motifs is 3. The van der Waals surface area contributed by atoms with Crippen LogP contribution in [0.25, 0.3) is 0 Å². The van der Waals surface area contributed by atoms with Crippen LogP contribution in [-0.4, -0.2) is 200 Å². The lowest BCUT2D eigenvalue weighted by atomic mass is 9.95. The molecule has 5 heterocycles. The zero-order valence-corrected chi connectivity index (χ0v) is 43.3. The average Bonchev–Trinajstić information content (AvgIpc) is 3.34. The van der Waals surface area contributed by atoms with Crippen LogP contribution in [0.1, 0.15) is 145 Å². The summed E-state index contributed by atoms with van der Waals surface area (Å²) in [6, 6.07) is 0. The number of unbranched alkanes of at least 4 members (excludes halogenated alkanes) is 2. The number of rotatable bonds is 15. The van der Waals surface area contributed by atoms with Crippen molar-refractivity contribution in [3.05, 3.63) is 0 Å². The topological polar surface area (TPSA) is 315 Å². The van der Waals surface area contributed by atoms with E-state index in [4.69, 9.17) is 52.1 Å². The molecule has 8 N–H and O–H groups in total. The van der Waals surface area contributed by atoms with Crippen molar-refractivity contribution in [1.29, 1.82) is 0 Å². The lowest BCUT2D eigenvalue weighted by Crippen LogP contribution is -2.68. The third-order valence-electron chi connectivity index (χ3n) is 14.7. The maximum atomic E-state index is 14.0. The van der Waals surface area contributed by atoms with Crippen molar-refractivity contribution in [2.75, 3.05) is 6.61 Å². The van der Waals surface area contributed by atoms with Crippen LogP contribution in [0.5, 0.6) is 0 Å². The maximum Gasteiger partial charge on any atom is 0.311 e. The van der Waals surface area contributed by atoms with E-state index < -0.39 is 165 Å². The summed E-state index contributed by atoms with van der Waals surface area (Å²) in [6.07, 6.45) is -23.4. The molecule has 0 aliphatic carbocycles. The number of carbonyl (C=O) groups excluding carboxylic acids is 3. The third kappa shape index (κ3) is 15.7. The molecule has 72 heavy (non-hydrogen) atoms. The molecule has 0 spiro atoms. The highest BCUT2D eigenvalue weighted by Gasteiger charge is 2.58. The summed E-state index contributed by atoms with van der Waals surface area (Å²) in [5, 5.41) is 88.5. The molecule has 0 saturated carbocycles. The van der Waals surface area contributed by atoms with Crippen LogP contribution in [0.2, 0.25) is 0 Å². The molecule has 5 rings (SSSR count). The van der Waals surface area contributed by atoms with Gasteiger partial charge in [0, 0.05) is 6.42 Å². The Morgan fingerprint density at radius 2 is 1.22 bits per heavy atom. The average molecular weight is 1040 g/mol. The van der Waals surface area contributed by atoms with Crippen LogP contribution in [0.15, 0.2) is 0 Å². The molecule has 22 heteroatoms. The largest absolute Gasteiger partial charge is 0.456 e. The van der Waals surface area contributed by atoms with Crippen LogP contribution >= 0.6 is 0 Å². The predicted molar refractivity (Wildman–Crippen MR) is 250 cm³/mol. The molecule has 24 atom stereocenters. The summed E-state index contributed by atoms with van der Waals surface area (Å²) in [7, 11) is 0. The highest BCUT2D eigenvalue weighted by Crippen LogP contribution is 2.39. The number of hydrogen-bond donors (Lipinski definition) is 8. The molecular formula is C50H86O22. The van der Waals surface area contributed by atoms with Gasteiger partial charge < -0.3 is 93.0 Å². The molecule has 0 aromatic rings. The first kappa shape index (κ1) is 60.6. The number of esters is 3. The first-order valence-corrected chi connectivity index (χ1v) is 26.4. The van der Waals surface area contributed by atoms with Gasteiger partial charge in [0.2, 0.25) is 0 Å². The van der Waals surface area contributed by atoms with Gasteiger partial charge in [0.1, 0.15) is 54.9 Å². The fraction of sp³-hybridized carbons (Fsp3) is 0.940. The van der Waals surface area contributed by atoms with Crippen LogP contribution in [-0.2, 0) is 66.5 Å². The Balaban J connectivity index is 1.63. The van der Waals surface area contributed by atoms with E-state index in [2.05, 4.69) is 6.92 Å². The van der Waals surface area contributed by atoms with Gasteiger partial charge in [-0.2, -0.15) is 0 Å². The molecule has 0 aromatic heterocycles. The number of aliphatic hydroxyl groups is 8. The molecule has 5 aliphatic rings. The highest BCUT2D eigenvalue weighted by molar-refractivity contribution is 5.73. The number of hydrogen-bond acceptors (Lipinski definition) is 22. The van der Waals surface area contributed by atoms with Crippen LogP contribution in [0, 0.1) is 11.8 Å². The fourth-order valence-corrected chi connectivity index (χ4v) is 9.49. The van der Waals surface area contributed by atoms with Crippen LogP contribution in [0.4, 0.5) is 0 Å². The molecule has 5 saturated heterocycles. The van der Waals surface area contributed by atoms with Gasteiger partial charge in [0.05, 0.1) is 49.0 Å². The van der Waals surface area contributed by atoms with Crippen molar-refractivity contribution >= 4 is 17.9 Å². The minimum Gasteiger partial charge on any atom is -0.456 e. The molecule has 0 radical (unpaired) electrons. The predicted octanol–water partition coefficient (Wildman–Crippen LogP) is 1.55. The number of carbonyl (C=O) groups is 3. The summed E-state index contributed by atoms with van der Waals surface area (Å²) < 4.78 is 69.1. The summed E-state index contributed by atoms with van der Waals surface area (Å²) in [6.45, 7) is 11.8. The smallest absolute Gasteiger partial charge is 0.311 e. The summed E-state index contributed by atoms with van der Waals surface area (Å²) >= 11 is 0. The summed E-state index contributed by atoms with van der Waals surface area (Å²) in [5.41, 5.74) is 0. The molecule has 5 aliphatic heterocycles. The number of ether oxygens (including phenoxy) is 11. The Bertz CT molecular complexity index is 1640. The van der Waals surface area contributed by atoms with E-state index in [1.165, 1.54) is 27.7 Å². The van der Waals surface area contributed by atoms with Gasteiger partial charge in [0.25, 0.3) is 0 Å². The second-order valence-corrected chi connectivity index (χ2v) is 20.5. The quantitative estimate of drug-likeness (QED) is 0.0655. The van der Waals surface area contributed by atoms with Gasteiger partial charge in [-0.1, -0.05) is 78.6 Å². The zero-order valence-electron chi connectivity index (χ0n) is 43.3. The minimum atomic E-state index is -1.91. The van der Waals surface area contributed by atoms with E-state index in [1.54, 1.807) is 20.8 Å². The van der Waals surface area contributed by atoms with E-state index in [-0.39, 0.29) is 18.9 Å². The molecule has 0 amide bonds. The molecule has 0 aromatic carbocycles. The lowest BCUT2D eigenvalue weighted by molar-refractivity contribution is -0.400. The van der Waals surface area contributed by atoms with Gasteiger partial charge in [-0.05, 0) is 60.3 Å². The van der Waals surface area contributed by atoms with E-state index in [9.17, 15) is 55.2 Å². The monoisotopic (exact) mass is 1040 g/mol. The van der Waals surface area contributed by atoms with Gasteiger partial charge in [-0.3, -0.25) is 14.4 Å². The summed E-state index contributed by atoms with van der Waals surface area (Å²) in [5.74, 6) is -4.35. The normalized spacial score (nSPS) is 42.3. The van der Waals surface area contributed by atoms with E-state index in [1.807, 2.05) is 0 Å². The summed E-state index contributed by atoms with van der Waals surface area (Å²) in [4.78, 5) is 41.4. The Kier molecular flexibility index (Phi) is 24.2. The SMILES string of the molecule is CCCCCC1CCCCCCCCCC(=O)OC2C(O)C(CO)OC(OC3C(O1)OC(C)C(O)C3O)C2OC1OC(C)C(OC(=O)C(C)C(C)O)C(OC2OC(C)C(O)C(O)C2O)C1OC(=O)C(C)CC. The Hall–Kier alpha value is -2.23. The molecule has 2 bridgehead atoms. The van der Waals surface area contributed by atoms with Gasteiger partial charge in [0.15, 0.2) is 49.6 Å². The Labute approximate surface area is 423 Å². The second-order valence-electron chi connectivity index (χ2n) is 20.5. The molecular weight excluding hydrogens is 953 g/mol. The molecule has 418 valence electrons. The van der Waals surface area contributed by atoms with E-state index in [0.29, 0.717) is 25.7 Å². The standard InChI is InChI=1S/C50H86O22/c1-9-11-17-20-30-21-18-15-13-12-14-16-19-22-32(53)67-40-35(56)31(23-51)66-50(70-41-37(58)34(55)28(7)63-48(41)65-30)43(40)72-49-44(69-45(60)24(3)10-2)42(71-47-38(59)36(57)33(54)27(6)62-47)39(29(8)64-49)68-46(61)25(4)26(5)52/h24-31,33-44,47-52,54-59H,9-23H2,1-8H3. The number of aliphatic hydroxyl groups excluding tert-OH is 8. The molecule has 22 nitrogen and oxygen atoms in total. The molecule has 5 fully saturated rings. The van der Waals surface area contributed by atoms with E-state index >= 15 is 0 Å². The highest BCUT2D eigenvalue weighted by atomic mass is 16.8. The first-order valence-electron chi connectivity index (χ1n) is 26.4. The first-order chi connectivity index (χ1) is 34.2. The third-order valence-corrected chi connectivity index (χ3v) is 14.7. The van der Waals surface area contributed by atoms with Crippen molar-refractivity contribution in [1.82, 2.24) is 0 Å². The fourth-order valence-electron chi connectivity index (χ4n) is 9.49.